The van der Waals surface area contributed by atoms with Gasteiger partial charge in [0.05, 0.1) is 17.6 Å². The van der Waals surface area contributed by atoms with E-state index in [4.69, 9.17) is 4.74 Å². The van der Waals surface area contributed by atoms with Crippen LogP contribution in [0.3, 0.4) is 0 Å². The summed E-state index contributed by atoms with van der Waals surface area (Å²) in [6.45, 7) is 2.05. The van der Waals surface area contributed by atoms with Gasteiger partial charge in [-0.25, -0.2) is 8.42 Å². The van der Waals surface area contributed by atoms with Crippen molar-refractivity contribution < 1.29 is 17.9 Å². The predicted molar refractivity (Wildman–Crippen MR) is 105 cm³/mol. The maximum Gasteiger partial charge on any atom is 0.261 e. The molecule has 2 aromatic carbocycles. The second-order valence-corrected chi connectivity index (χ2v) is 7.97. The van der Waals surface area contributed by atoms with Gasteiger partial charge in [-0.3, -0.25) is 9.52 Å². The zero-order valence-electron chi connectivity index (χ0n) is 15.4. The van der Waals surface area contributed by atoms with Crippen LogP contribution in [0.2, 0.25) is 0 Å². The Balaban J connectivity index is 1.83. The summed E-state index contributed by atoms with van der Waals surface area (Å²) < 4.78 is 33.1. The molecule has 8 heteroatoms. The van der Waals surface area contributed by atoms with E-state index in [-0.39, 0.29) is 10.5 Å². The quantitative estimate of drug-likeness (QED) is 0.792. The minimum Gasteiger partial charge on any atom is -0.496 e. The first-order valence-corrected chi connectivity index (χ1v) is 10.2. The van der Waals surface area contributed by atoms with Crippen LogP contribution in [0.4, 0.5) is 11.4 Å². The van der Waals surface area contributed by atoms with E-state index in [1.54, 1.807) is 12.1 Å². The second-order valence-electron chi connectivity index (χ2n) is 6.29. The molecule has 0 atom stereocenters. The number of hydrogen-bond acceptors (Lipinski definition) is 5. The maximum absolute atomic E-state index is 12.7. The molecule has 2 aromatic rings. The predicted octanol–water partition coefficient (Wildman–Crippen LogP) is 2.46. The van der Waals surface area contributed by atoms with Crippen LogP contribution in [0, 0.1) is 0 Å². The molecule has 2 N–H and O–H groups in total. The molecule has 1 aliphatic rings. The highest BCUT2D eigenvalue weighted by Crippen LogP contribution is 2.26. The Bertz CT molecular complexity index is 920. The van der Waals surface area contributed by atoms with Gasteiger partial charge in [0.1, 0.15) is 5.75 Å². The zero-order valence-corrected chi connectivity index (χ0v) is 16.2. The summed E-state index contributed by atoms with van der Waals surface area (Å²) >= 11 is 0. The van der Waals surface area contributed by atoms with E-state index >= 15 is 0 Å². The third kappa shape index (κ3) is 4.16. The summed E-state index contributed by atoms with van der Waals surface area (Å²) in [5.74, 6) is -0.109. The maximum atomic E-state index is 12.7. The molecule has 0 saturated carbocycles. The van der Waals surface area contributed by atoms with Gasteiger partial charge in [0.2, 0.25) is 0 Å². The number of carbonyl (C=O) groups excluding carboxylic acids is 1. The summed E-state index contributed by atoms with van der Waals surface area (Å²) in [4.78, 5) is 14.2. The number of nitrogens with one attached hydrogen (secondary N) is 2. The van der Waals surface area contributed by atoms with Gasteiger partial charge < -0.3 is 15.0 Å². The summed E-state index contributed by atoms with van der Waals surface area (Å²) in [6.07, 6.45) is 2.36. The minimum atomic E-state index is -3.83. The van der Waals surface area contributed by atoms with Crippen LogP contribution in [0.15, 0.2) is 47.4 Å². The molecule has 7 nitrogen and oxygen atoms in total. The van der Waals surface area contributed by atoms with Crippen LogP contribution >= 0.6 is 0 Å². The number of carbonyl (C=O) groups is 1. The van der Waals surface area contributed by atoms with Crippen molar-refractivity contribution in [3.63, 3.8) is 0 Å². The first kappa shape index (κ1) is 19.0. The lowest BCUT2D eigenvalue weighted by Gasteiger charge is -2.18. The topological polar surface area (TPSA) is 87.7 Å². The average molecular weight is 389 g/mol. The molecule has 1 amide bonds. The number of hydrogen-bond donors (Lipinski definition) is 2. The Labute approximate surface area is 159 Å². The Morgan fingerprint density at radius 3 is 2.33 bits per heavy atom. The Kier molecular flexibility index (Phi) is 5.55. The van der Waals surface area contributed by atoms with E-state index in [1.807, 2.05) is 12.1 Å². The van der Waals surface area contributed by atoms with Crippen LogP contribution in [0.25, 0.3) is 0 Å². The van der Waals surface area contributed by atoms with Gasteiger partial charge in [0, 0.05) is 31.5 Å². The summed E-state index contributed by atoms with van der Waals surface area (Å²) in [5, 5.41) is 2.48. The van der Waals surface area contributed by atoms with Gasteiger partial charge in [-0.1, -0.05) is 0 Å². The molecule has 0 aliphatic carbocycles. The van der Waals surface area contributed by atoms with Crippen LogP contribution < -0.4 is 19.7 Å². The summed E-state index contributed by atoms with van der Waals surface area (Å²) in [7, 11) is -0.932. The average Bonchev–Trinajstić information content (AvgIpc) is 3.22. The van der Waals surface area contributed by atoms with Crippen molar-refractivity contribution in [3.05, 3.63) is 48.0 Å². The molecule has 27 heavy (non-hydrogen) atoms. The lowest BCUT2D eigenvalue weighted by Crippen LogP contribution is -2.20. The third-order valence-corrected chi connectivity index (χ3v) is 5.92. The van der Waals surface area contributed by atoms with Crippen molar-refractivity contribution in [2.24, 2.45) is 0 Å². The van der Waals surface area contributed by atoms with Crippen LogP contribution in [-0.4, -0.2) is 41.6 Å². The van der Waals surface area contributed by atoms with Gasteiger partial charge in [0.25, 0.3) is 15.9 Å². The Hall–Kier alpha value is -2.74. The standard InChI is InChI=1S/C19H23N3O4S/c1-20-19(23)17-13-16(9-10-18(17)26-2)27(24,25)21-14-5-7-15(8-6-14)22-11-3-4-12-22/h5-10,13,21H,3-4,11-12H2,1-2H3,(H,20,23). The van der Waals surface area contributed by atoms with Crippen LogP contribution in [0.5, 0.6) is 5.75 Å². The monoisotopic (exact) mass is 389 g/mol. The highest BCUT2D eigenvalue weighted by Gasteiger charge is 2.20. The highest BCUT2D eigenvalue weighted by molar-refractivity contribution is 7.92. The summed E-state index contributed by atoms with van der Waals surface area (Å²) in [5.41, 5.74) is 1.71. The van der Waals surface area contributed by atoms with Gasteiger partial charge >= 0.3 is 0 Å². The molecule has 0 aromatic heterocycles. The van der Waals surface area contributed by atoms with Crippen molar-refractivity contribution in [2.45, 2.75) is 17.7 Å². The van der Waals surface area contributed by atoms with E-state index in [9.17, 15) is 13.2 Å². The molecule has 1 heterocycles. The lowest BCUT2D eigenvalue weighted by atomic mass is 10.2. The molecule has 0 unspecified atom stereocenters. The van der Waals surface area contributed by atoms with Gasteiger partial charge in [-0.15, -0.1) is 0 Å². The second kappa shape index (κ2) is 7.87. The van der Waals surface area contributed by atoms with E-state index < -0.39 is 15.9 Å². The van der Waals surface area contributed by atoms with Gasteiger partial charge in [-0.05, 0) is 55.3 Å². The van der Waals surface area contributed by atoms with Crippen LogP contribution in [0.1, 0.15) is 23.2 Å². The van der Waals surface area contributed by atoms with Crippen molar-refractivity contribution in [2.75, 3.05) is 36.9 Å². The largest absolute Gasteiger partial charge is 0.496 e. The number of methoxy groups -OCH3 is 1. The van der Waals surface area contributed by atoms with Crippen molar-refractivity contribution in [1.82, 2.24) is 5.32 Å². The molecule has 0 spiro atoms. The Morgan fingerprint density at radius 2 is 1.74 bits per heavy atom. The first-order valence-electron chi connectivity index (χ1n) is 8.72. The van der Waals surface area contributed by atoms with E-state index in [2.05, 4.69) is 14.9 Å². The van der Waals surface area contributed by atoms with E-state index in [1.165, 1.54) is 45.2 Å². The molecular formula is C19H23N3O4S. The smallest absolute Gasteiger partial charge is 0.261 e. The van der Waals surface area contributed by atoms with Gasteiger partial charge in [0.15, 0.2) is 0 Å². The molecule has 1 saturated heterocycles. The van der Waals surface area contributed by atoms with Crippen molar-refractivity contribution in [1.29, 1.82) is 0 Å². The number of ether oxygens (including phenoxy) is 1. The number of nitrogens with zero attached hydrogens (tertiary/aromatic N) is 1. The summed E-state index contributed by atoms with van der Waals surface area (Å²) in [6, 6.07) is 11.5. The molecule has 1 aliphatic heterocycles. The number of anilines is 2. The fourth-order valence-electron chi connectivity index (χ4n) is 3.10. The zero-order chi connectivity index (χ0) is 19.4. The fourth-order valence-corrected chi connectivity index (χ4v) is 4.18. The molecular weight excluding hydrogens is 366 g/mol. The minimum absolute atomic E-state index is 0.00878. The fraction of sp³-hybridized carbons (Fsp3) is 0.316. The van der Waals surface area contributed by atoms with Crippen LogP contribution in [-0.2, 0) is 10.0 Å². The highest BCUT2D eigenvalue weighted by atomic mass is 32.2. The van der Waals surface area contributed by atoms with Crippen molar-refractivity contribution >= 4 is 27.3 Å². The van der Waals surface area contributed by atoms with E-state index in [0.29, 0.717) is 11.4 Å². The molecule has 144 valence electrons. The molecule has 0 radical (unpaired) electrons. The van der Waals surface area contributed by atoms with Gasteiger partial charge in [-0.2, -0.15) is 0 Å². The van der Waals surface area contributed by atoms with Crippen molar-refractivity contribution in [3.8, 4) is 5.75 Å². The third-order valence-electron chi connectivity index (χ3n) is 4.54. The number of rotatable bonds is 6. The number of amides is 1. The normalized spacial score (nSPS) is 14.1. The Morgan fingerprint density at radius 1 is 1.07 bits per heavy atom. The molecule has 3 rings (SSSR count). The SMILES string of the molecule is CNC(=O)c1cc(S(=O)(=O)Nc2ccc(N3CCCC3)cc2)ccc1OC. The molecule has 1 fully saturated rings. The lowest BCUT2D eigenvalue weighted by molar-refractivity contribution is 0.0960. The first-order chi connectivity index (χ1) is 12.9. The molecule has 0 bridgehead atoms. The number of benzene rings is 2. The number of sulfonamides is 1. The van der Waals surface area contributed by atoms with E-state index in [0.717, 1.165) is 18.8 Å².